The number of hydrogen-bond donors (Lipinski definition) is 1. The molecule has 0 aromatic carbocycles. The number of rotatable bonds is 4. The fraction of sp³-hybridized carbons (Fsp3) is 0.923. The normalized spacial score (nSPS) is 15.1. The minimum atomic E-state index is -0.252. The molecule has 0 radical (unpaired) electrons. The minimum absolute atomic E-state index is 0.00463. The monoisotopic (exact) mass is 213 g/mol. The quantitative estimate of drug-likeness (QED) is 0.778. The maximum Gasteiger partial charge on any atom is 0.155 e. The Morgan fingerprint density at radius 2 is 1.60 bits per heavy atom. The van der Waals surface area contributed by atoms with Crippen molar-refractivity contribution in [1.82, 2.24) is 5.32 Å². The van der Waals surface area contributed by atoms with Gasteiger partial charge in [0.15, 0.2) is 5.78 Å². The molecule has 0 aliphatic heterocycles. The van der Waals surface area contributed by atoms with Crippen LogP contribution in [0.25, 0.3) is 0 Å². The van der Waals surface area contributed by atoms with E-state index >= 15 is 0 Å². The van der Waals surface area contributed by atoms with Crippen LogP contribution in [0.3, 0.4) is 0 Å². The van der Waals surface area contributed by atoms with Crippen LogP contribution in [0.5, 0.6) is 0 Å². The summed E-state index contributed by atoms with van der Waals surface area (Å²) in [5, 5.41) is 3.30. The fourth-order valence-electron chi connectivity index (χ4n) is 1.64. The molecule has 0 heterocycles. The lowest BCUT2D eigenvalue weighted by molar-refractivity contribution is -0.129. The second kappa shape index (κ2) is 5.11. The van der Waals surface area contributed by atoms with Gasteiger partial charge in [-0.25, -0.2) is 0 Å². The van der Waals surface area contributed by atoms with E-state index in [1.54, 1.807) is 0 Å². The van der Waals surface area contributed by atoms with E-state index in [0.717, 1.165) is 13.0 Å². The zero-order valence-corrected chi connectivity index (χ0v) is 11.4. The van der Waals surface area contributed by atoms with Crippen molar-refractivity contribution in [2.75, 3.05) is 6.54 Å². The van der Waals surface area contributed by atoms with Crippen molar-refractivity contribution < 1.29 is 4.79 Å². The summed E-state index contributed by atoms with van der Waals surface area (Å²) in [5.74, 6) is 0.319. The first kappa shape index (κ1) is 14.6. The van der Waals surface area contributed by atoms with Gasteiger partial charge in [-0.3, -0.25) is 4.79 Å². The standard InChI is InChI=1S/C13H27NO/c1-8-14-10(9-12(2,3)4)11(15)13(5,6)7/h10,14H,8-9H2,1-7H3. The summed E-state index contributed by atoms with van der Waals surface area (Å²) in [6.45, 7) is 15.4. The summed E-state index contributed by atoms with van der Waals surface area (Å²) in [6.07, 6.45) is 0.900. The highest BCUT2D eigenvalue weighted by Crippen LogP contribution is 2.26. The van der Waals surface area contributed by atoms with Gasteiger partial charge in [-0.2, -0.15) is 0 Å². The molecule has 0 saturated heterocycles. The predicted octanol–water partition coefficient (Wildman–Crippen LogP) is 3.02. The van der Waals surface area contributed by atoms with Crippen LogP contribution in [-0.2, 0) is 4.79 Å². The SMILES string of the molecule is CCNC(CC(C)(C)C)C(=O)C(C)(C)C. The molecule has 1 atom stereocenters. The van der Waals surface area contributed by atoms with Crippen LogP contribution in [0, 0.1) is 10.8 Å². The van der Waals surface area contributed by atoms with Crippen LogP contribution < -0.4 is 5.32 Å². The molecule has 0 bridgehead atoms. The van der Waals surface area contributed by atoms with Gasteiger partial charge >= 0.3 is 0 Å². The van der Waals surface area contributed by atoms with E-state index in [2.05, 4.69) is 26.1 Å². The number of likely N-dealkylation sites (N-methyl/N-ethyl adjacent to an activating group) is 1. The van der Waals surface area contributed by atoms with E-state index in [0.29, 0.717) is 5.78 Å². The van der Waals surface area contributed by atoms with Crippen LogP contribution >= 0.6 is 0 Å². The predicted molar refractivity (Wildman–Crippen MR) is 66.0 cm³/mol. The summed E-state index contributed by atoms with van der Waals surface area (Å²) in [7, 11) is 0. The van der Waals surface area contributed by atoms with Crippen LogP contribution in [0.1, 0.15) is 54.9 Å². The van der Waals surface area contributed by atoms with Crippen molar-refractivity contribution >= 4 is 5.78 Å². The second-order valence-corrected chi connectivity index (χ2v) is 6.49. The number of Topliss-reactive ketones (excluding diaryl/α,β-unsaturated/α-hetero) is 1. The summed E-state index contributed by atoms with van der Waals surface area (Å²) in [4.78, 5) is 12.2. The average Bonchev–Trinajstić information content (AvgIpc) is 1.98. The van der Waals surface area contributed by atoms with Crippen molar-refractivity contribution in [3.05, 3.63) is 0 Å². The molecule has 0 amide bonds. The molecule has 2 heteroatoms. The Kier molecular flexibility index (Phi) is 4.98. The van der Waals surface area contributed by atoms with Gasteiger partial charge in [0.25, 0.3) is 0 Å². The molecule has 0 saturated carbocycles. The number of nitrogens with one attached hydrogen (secondary N) is 1. The van der Waals surface area contributed by atoms with Gasteiger partial charge in [-0.1, -0.05) is 48.5 Å². The average molecular weight is 213 g/mol. The van der Waals surface area contributed by atoms with Crippen molar-refractivity contribution in [2.45, 2.75) is 60.9 Å². The molecule has 1 N–H and O–H groups in total. The molecular weight excluding hydrogens is 186 g/mol. The highest BCUT2D eigenvalue weighted by Gasteiger charge is 2.31. The highest BCUT2D eigenvalue weighted by atomic mass is 16.1. The summed E-state index contributed by atoms with van der Waals surface area (Å²) < 4.78 is 0. The van der Waals surface area contributed by atoms with Gasteiger partial charge in [0.2, 0.25) is 0 Å². The van der Waals surface area contributed by atoms with Crippen molar-refractivity contribution in [1.29, 1.82) is 0 Å². The van der Waals surface area contributed by atoms with Gasteiger partial charge < -0.3 is 5.32 Å². The fourth-order valence-corrected chi connectivity index (χ4v) is 1.64. The van der Waals surface area contributed by atoms with Gasteiger partial charge in [0, 0.05) is 5.41 Å². The Balaban J connectivity index is 4.60. The van der Waals surface area contributed by atoms with E-state index in [9.17, 15) is 4.79 Å². The molecule has 0 spiro atoms. The topological polar surface area (TPSA) is 29.1 Å². The van der Waals surface area contributed by atoms with Gasteiger partial charge in [-0.15, -0.1) is 0 Å². The maximum atomic E-state index is 12.2. The number of hydrogen-bond acceptors (Lipinski definition) is 2. The number of ketones is 1. The van der Waals surface area contributed by atoms with E-state index in [4.69, 9.17) is 0 Å². The molecule has 1 unspecified atom stereocenters. The Bertz CT molecular complexity index is 208. The third-order valence-corrected chi connectivity index (χ3v) is 2.32. The summed E-state index contributed by atoms with van der Waals surface area (Å²) in [5.41, 5.74) is -0.0637. The zero-order valence-electron chi connectivity index (χ0n) is 11.4. The molecule has 0 aromatic heterocycles. The molecule has 0 aromatic rings. The molecule has 0 aliphatic rings. The van der Waals surface area contributed by atoms with Crippen LogP contribution in [0.15, 0.2) is 0 Å². The van der Waals surface area contributed by atoms with Crippen molar-refractivity contribution in [3.63, 3.8) is 0 Å². The Hall–Kier alpha value is -0.370. The summed E-state index contributed by atoms with van der Waals surface area (Å²) >= 11 is 0. The Labute approximate surface area is 94.8 Å². The molecule has 0 aliphatic carbocycles. The number of carbonyl (C=O) groups excluding carboxylic acids is 1. The first-order chi connectivity index (χ1) is 6.58. The van der Waals surface area contributed by atoms with E-state index < -0.39 is 0 Å². The third kappa shape index (κ3) is 5.93. The smallest absolute Gasteiger partial charge is 0.155 e. The highest BCUT2D eigenvalue weighted by molar-refractivity contribution is 5.88. The van der Waals surface area contributed by atoms with Crippen molar-refractivity contribution in [2.24, 2.45) is 10.8 Å². The first-order valence-corrected chi connectivity index (χ1v) is 5.85. The molecule has 0 rings (SSSR count). The van der Waals surface area contributed by atoms with E-state index in [-0.39, 0.29) is 16.9 Å². The molecule has 0 fully saturated rings. The molecular formula is C13H27NO. The lowest BCUT2D eigenvalue weighted by atomic mass is 9.79. The Morgan fingerprint density at radius 3 is 1.87 bits per heavy atom. The largest absolute Gasteiger partial charge is 0.308 e. The molecule has 90 valence electrons. The number of carbonyl (C=O) groups is 1. The second-order valence-electron chi connectivity index (χ2n) is 6.49. The maximum absolute atomic E-state index is 12.2. The lowest BCUT2D eigenvalue weighted by Crippen LogP contribution is -2.44. The van der Waals surface area contributed by atoms with Crippen LogP contribution in [0.2, 0.25) is 0 Å². The third-order valence-electron chi connectivity index (χ3n) is 2.32. The van der Waals surface area contributed by atoms with Crippen molar-refractivity contribution in [3.8, 4) is 0 Å². The van der Waals surface area contributed by atoms with Gasteiger partial charge in [-0.05, 0) is 18.4 Å². The first-order valence-electron chi connectivity index (χ1n) is 5.85. The van der Waals surface area contributed by atoms with E-state index in [1.807, 2.05) is 27.7 Å². The van der Waals surface area contributed by atoms with Gasteiger partial charge in [0.1, 0.15) is 0 Å². The van der Waals surface area contributed by atoms with E-state index in [1.165, 1.54) is 0 Å². The van der Waals surface area contributed by atoms with Gasteiger partial charge in [0.05, 0.1) is 6.04 Å². The summed E-state index contributed by atoms with van der Waals surface area (Å²) in [6, 6.07) is -0.00463. The Morgan fingerprint density at radius 1 is 1.13 bits per heavy atom. The molecule has 2 nitrogen and oxygen atoms in total. The lowest BCUT2D eigenvalue weighted by Gasteiger charge is -2.30. The zero-order chi connectivity index (χ0) is 12.3. The molecule has 15 heavy (non-hydrogen) atoms. The van der Waals surface area contributed by atoms with Crippen LogP contribution in [-0.4, -0.2) is 18.4 Å². The van der Waals surface area contributed by atoms with Crippen LogP contribution in [0.4, 0.5) is 0 Å². The minimum Gasteiger partial charge on any atom is -0.308 e.